The van der Waals surface area contributed by atoms with Gasteiger partial charge in [-0.2, -0.15) is 25.3 Å². The van der Waals surface area contributed by atoms with Crippen molar-refractivity contribution in [1.29, 1.82) is 0 Å². The predicted octanol–water partition coefficient (Wildman–Crippen LogP) is 1.26. The molecule has 2 aromatic rings. The van der Waals surface area contributed by atoms with Crippen LogP contribution in [-0.2, 0) is 25.6 Å². The summed E-state index contributed by atoms with van der Waals surface area (Å²) in [6, 6.07) is 11.5. The number of rotatable bonds is 12. The van der Waals surface area contributed by atoms with Crippen molar-refractivity contribution >= 4 is 48.9 Å². The second-order valence-corrected chi connectivity index (χ2v) is 11.9. The van der Waals surface area contributed by atoms with Crippen molar-refractivity contribution < 1.29 is 29.4 Å². The van der Waals surface area contributed by atoms with Crippen LogP contribution < -0.4 is 21.3 Å². The molecule has 1 saturated heterocycles. The first-order valence-corrected chi connectivity index (χ1v) is 14.0. The molecule has 5 atom stereocenters. The van der Waals surface area contributed by atoms with Crippen LogP contribution in [0.5, 0.6) is 5.75 Å². The molecule has 216 valence electrons. The average Bonchev–Trinajstić information content (AvgIpc) is 3.40. The Kier molecular flexibility index (Phi) is 10.9. The van der Waals surface area contributed by atoms with Gasteiger partial charge in [0.2, 0.25) is 17.7 Å². The third-order valence-corrected chi connectivity index (χ3v) is 7.42. The standard InChI is InChI=1S/C28H36N4O6S2/c1-28(2,40)23(27(37)38)32-24(34)20(14-16-6-4-3-5-7-16)30-25(35)21(15-39)31-26(36)22-19(12-13-29-22)17-8-10-18(33)11-9-17/h3-11,19-23,29,33,39-40H,12-15H2,1-2H3,(H,30,35)(H,31,36)(H,32,34)(H,37,38)/t19-,20-,21+,22-,23-/m0/s1. The maximum atomic E-state index is 13.3. The molecular formula is C28H36N4O6S2. The van der Waals surface area contributed by atoms with Gasteiger partial charge in [0.05, 0.1) is 6.04 Å². The highest BCUT2D eigenvalue weighted by Gasteiger charge is 2.38. The van der Waals surface area contributed by atoms with Gasteiger partial charge >= 0.3 is 5.97 Å². The summed E-state index contributed by atoms with van der Waals surface area (Å²) in [6.07, 6.45) is 0.796. The van der Waals surface area contributed by atoms with E-state index in [9.17, 15) is 29.4 Å². The van der Waals surface area contributed by atoms with E-state index in [2.05, 4.69) is 46.5 Å². The number of aliphatic carboxylic acids is 1. The molecular weight excluding hydrogens is 552 g/mol. The molecule has 12 heteroatoms. The molecule has 0 aromatic heterocycles. The van der Waals surface area contributed by atoms with E-state index < -0.39 is 52.6 Å². The number of aromatic hydroxyl groups is 1. The van der Waals surface area contributed by atoms with Crippen LogP contribution in [-0.4, -0.2) is 75.1 Å². The normalized spacial score (nSPS) is 19.2. The second kappa shape index (κ2) is 13.9. The minimum atomic E-state index is -1.32. The largest absolute Gasteiger partial charge is 0.508 e. The Morgan fingerprint density at radius 1 is 0.975 bits per heavy atom. The number of hydrogen-bond donors (Lipinski definition) is 8. The van der Waals surface area contributed by atoms with Crippen molar-refractivity contribution in [3.05, 3.63) is 65.7 Å². The lowest BCUT2D eigenvalue weighted by Gasteiger charge is -2.29. The van der Waals surface area contributed by atoms with Gasteiger partial charge in [0.15, 0.2) is 0 Å². The molecule has 1 fully saturated rings. The Hall–Kier alpha value is -3.22. The lowest BCUT2D eigenvalue weighted by atomic mass is 9.91. The highest BCUT2D eigenvalue weighted by molar-refractivity contribution is 7.81. The Bertz CT molecular complexity index is 1190. The number of phenolic OH excluding ortho intramolecular Hbond substituents is 1. The Morgan fingerprint density at radius 2 is 1.60 bits per heavy atom. The summed E-state index contributed by atoms with van der Waals surface area (Å²) in [7, 11) is 0. The molecule has 0 spiro atoms. The molecule has 0 radical (unpaired) electrons. The quantitative estimate of drug-likeness (QED) is 0.174. The third kappa shape index (κ3) is 8.39. The molecule has 0 saturated carbocycles. The van der Waals surface area contributed by atoms with Gasteiger partial charge in [-0.25, -0.2) is 4.79 Å². The highest BCUT2D eigenvalue weighted by Crippen LogP contribution is 2.29. The Labute approximate surface area is 244 Å². The van der Waals surface area contributed by atoms with Crippen LogP contribution >= 0.6 is 25.3 Å². The first kappa shape index (κ1) is 31.3. The molecule has 3 amide bonds. The van der Waals surface area contributed by atoms with Crippen LogP contribution in [0.4, 0.5) is 0 Å². The fourth-order valence-electron chi connectivity index (χ4n) is 4.63. The summed E-state index contributed by atoms with van der Waals surface area (Å²) in [5.74, 6) is -3.03. The second-order valence-electron chi connectivity index (χ2n) is 10.3. The van der Waals surface area contributed by atoms with Gasteiger partial charge in [-0.1, -0.05) is 42.5 Å². The van der Waals surface area contributed by atoms with Gasteiger partial charge in [0, 0.05) is 22.8 Å². The molecule has 0 bridgehead atoms. The van der Waals surface area contributed by atoms with E-state index in [4.69, 9.17) is 0 Å². The van der Waals surface area contributed by atoms with E-state index in [0.717, 1.165) is 11.1 Å². The van der Waals surface area contributed by atoms with Crippen molar-refractivity contribution in [3.8, 4) is 5.75 Å². The number of benzene rings is 2. The first-order chi connectivity index (χ1) is 18.9. The van der Waals surface area contributed by atoms with Crippen LogP contribution in [0.15, 0.2) is 54.6 Å². The highest BCUT2D eigenvalue weighted by atomic mass is 32.1. The summed E-state index contributed by atoms with van der Waals surface area (Å²) >= 11 is 8.57. The van der Waals surface area contributed by atoms with E-state index in [0.29, 0.717) is 13.0 Å². The van der Waals surface area contributed by atoms with Crippen LogP contribution in [0.2, 0.25) is 0 Å². The van der Waals surface area contributed by atoms with E-state index in [-0.39, 0.29) is 23.8 Å². The summed E-state index contributed by atoms with van der Waals surface area (Å²) in [5.41, 5.74) is 1.63. The maximum absolute atomic E-state index is 13.3. The van der Waals surface area contributed by atoms with E-state index in [1.165, 1.54) is 0 Å². The number of phenols is 1. The molecule has 40 heavy (non-hydrogen) atoms. The van der Waals surface area contributed by atoms with Crippen LogP contribution in [0.25, 0.3) is 0 Å². The van der Waals surface area contributed by atoms with E-state index in [1.54, 1.807) is 62.4 Å². The van der Waals surface area contributed by atoms with Crippen LogP contribution in [0.1, 0.15) is 37.3 Å². The van der Waals surface area contributed by atoms with Gasteiger partial charge in [0.25, 0.3) is 0 Å². The number of carboxylic acids is 1. The minimum absolute atomic E-state index is 0.0325. The van der Waals surface area contributed by atoms with Crippen LogP contribution in [0, 0.1) is 0 Å². The predicted molar refractivity (Wildman–Crippen MR) is 158 cm³/mol. The molecule has 1 aliphatic heterocycles. The zero-order valence-electron chi connectivity index (χ0n) is 22.3. The van der Waals surface area contributed by atoms with Crippen molar-refractivity contribution in [2.45, 2.75) is 61.5 Å². The van der Waals surface area contributed by atoms with Crippen molar-refractivity contribution in [3.63, 3.8) is 0 Å². The number of amides is 3. The fraction of sp³-hybridized carbons (Fsp3) is 0.429. The monoisotopic (exact) mass is 588 g/mol. The Morgan fingerprint density at radius 3 is 2.17 bits per heavy atom. The lowest BCUT2D eigenvalue weighted by Crippen LogP contribution is -2.60. The van der Waals surface area contributed by atoms with Crippen molar-refractivity contribution in [2.24, 2.45) is 0 Å². The lowest BCUT2D eigenvalue weighted by molar-refractivity contribution is -0.143. The number of hydrogen-bond acceptors (Lipinski definition) is 8. The van der Waals surface area contributed by atoms with E-state index >= 15 is 0 Å². The SMILES string of the molecule is CC(C)(S)[C@@H](NC(=O)[C@H](Cc1ccccc1)NC(=O)[C@@H](CS)NC(=O)[C@H]1NCC[C@H]1c1ccc(O)cc1)C(=O)O. The van der Waals surface area contributed by atoms with Crippen molar-refractivity contribution in [2.75, 3.05) is 12.3 Å². The number of carbonyl (C=O) groups excluding carboxylic acids is 3. The van der Waals surface area contributed by atoms with Gasteiger partial charge in [0.1, 0.15) is 23.9 Å². The molecule has 3 rings (SSSR count). The van der Waals surface area contributed by atoms with Gasteiger partial charge in [-0.05, 0) is 50.1 Å². The fourth-order valence-corrected chi connectivity index (χ4v) is 5.06. The molecule has 0 unspecified atom stereocenters. The topological polar surface area (TPSA) is 157 Å². The zero-order valence-corrected chi connectivity index (χ0v) is 24.1. The minimum Gasteiger partial charge on any atom is -0.508 e. The van der Waals surface area contributed by atoms with Gasteiger partial charge < -0.3 is 31.5 Å². The number of thiol groups is 2. The third-order valence-electron chi connectivity index (χ3n) is 6.80. The maximum Gasteiger partial charge on any atom is 0.327 e. The van der Waals surface area contributed by atoms with Gasteiger partial charge in [-0.3, -0.25) is 14.4 Å². The summed E-state index contributed by atoms with van der Waals surface area (Å²) in [5, 5.41) is 30.3. The molecule has 0 aliphatic carbocycles. The number of carbonyl (C=O) groups is 4. The summed E-state index contributed by atoms with van der Waals surface area (Å²) < 4.78 is -1.08. The molecule has 1 heterocycles. The van der Waals surface area contributed by atoms with Crippen molar-refractivity contribution in [1.82, 2.24) is 21.3 Å². The summed E-state index contributed by atoms with van der Waals surface area (Å²) in [4.78, 5) is 51.6. The smallest absolute Gasteiger partial charge is 0.327 e. The Balaban J connectivity index is 1.74. The molecule has 6 N–H and O–H groups in total. The molecule has 1 aliphatic rings. The zero-order chi connectivity index (χ0) is 29.4. The van der Waals surface area contributed by atoms with Gasteiger partial charge in [-0.15, -0.1) is 0 Å². The van der Waals surface area contributed by atoms with E-state index in [1.807, 2.05) is 6.07 Å². The number of carboxylic acid groups (broad SMARTS) is 1. The molecule has 2 aromatic carbocycles. The first-order valence-electron chi connectivity index (χ1n) is 12.9. The molecule has 10 nitrogen and oxygen atoms in total. The van der Waals surface area contributed by atoms with Crippen LogP contribution in [0.3, 0.4) is 0 Å². The number of nitrogens with one attached hydrogen (secondary N) is 4. The average molecular weight is 589 g/mol. The summed E-state index contributed by atoms with van der Waals surface area (Å²) in [6.45, 7) is 3.73.